The van der Waals surface area contributed by atoms with Crippen LogP contribution in [0.3, 0.4) is 0 Å². The second-order valence-corrected chi connectivity index (χ2v) is 4.08. The van der Waals surface area contributed by atoms with Crippen LogP contribution < -0.4 is 11.5 Å². The number of nitrogens with two attached hydrogens (primary N) is 2. The van der Waals surface area contributed by atoms with Crippen LogP contribution in [-0.4, -0.2) is 15.9 Å². The molecule has 0 spiro atoms. The van der Waals surface area contributed by atoms with E-state index in [4.69, 9.17) is 23.1 Å². The smallest absolute Gasteiger partial charge is 0.253 e. The summed E-state index contributed by atoms with van der Waals surface area (Å²) in [6, 6.07) is 9.52. The van der Waals surface area contributed by atoms with Crippen LogP contribution >= 0.6 is 11.6 Å². The first-order valence-corrected chi connectivity index (χ1v) is 5.61. The Morgan fingerprint density at radius 3 is 2.50 bits per heavy atom. The van der Waals surface area contributed by atoms with E-state index in [0.29, 0.717) is 12.1 Å². The molecule has 1 aromatic carbocycles. The molecule has 0 aliphatic carbocycles. The van der Waals surface area contributed by atoms with Crippen molar-refractivity contribution in [2.75, 3.05) is 5.73 Å². The summed E-state index contributed by atoms with van der Waals surface area (Å²) in [6.45, 7) is 0. The van der Waals surface area contributed by atoms with Crippen molar-refractivity contribution in [2.45, 2.75) is 6.42 Å². The predicted octanol–water partition coefficient (Wildman–Crippen LogP) is 1.40. The number of primary amides is 1. The minimum atomic E-state index is -0.661. The van der Waals surface area contributed by atoms with Gasteiger partial charge in [-0.05, 0) is 5.56 Å². The lowest BCUT2D eigenvalue weighted by atomic mass is 10.1. The van der Waals surface area contributed by atoms with Gasteiger partial charge in [-0.25, -0.2) is 9.97 Å². The van der Waals surface area contributed by atoms with Gasteiger partial charge in [0.15, 0.2) is 0 Å². The Morgan fingerprint density at radius 1 is 1.22 bits per heavy atom. The number of hydrogen-bond acceptors (Lipinski definition) is 4. The van der Waals surface area contributed by atoms with E-state index in [1.165, 1.54) is 0 Å². The second kappa shape index (κ2) is 5.01. The molecule has 0 fully saturated rings. The SMILES string of the molecule is NC(=O)c1c(Cl)nc(N)nc1Cc1ccccc1. The summed E-state index contributed by atoms with van der Waals surface area (Å²) in [5.41, 5.74) is 12.3. The number of nitrogen functional groups attached to an aromatic ring is 1. The molecule has 0 bridgehead atoms. The molecule has 2 aromatic rings. The molecule has 2 rings (SSSR count). The van der Waals surface area contributed by atoms with Crippen molar-refractivity contribution >= 4 is 23.5 Å². The van der Waals surface area contributed by atoms with E-state index >= 15 is 0 Å². The molecule has 6 heteroatoms. The first-order chi connectivity index (χ1) is 8.58. The summed E-state index contributed by atoms with van der Waals surface area (Å²) in [7, 11) is 0. The Balaban J connectivity index is 2.46. The summed E-state index contributed by atoms with van der Waals surface area (Å²) in [6.07, 6.45) is 0.422. The third-order valence-corrected chi connectivity index (χ3v) is 2.69. The lowest BCUT2D eigenvalue weighted by Gasteiger charge is -2.08. The quantitative estimate of drug-likeness (QED) is 0.818. The topological polar surface area (TPSA) is 94.9 Å². The molecular formula is C12H11ClN4O. The van der Waals surface area contributed by atoms with Gasteiger partial charge < -0.3 is 11.5 Å². The standard InChI is InChI=1S/C12H11ClN4O/c13-10-9(11(14)18)8(16-12(15)17-10)6-7-4-2-1-3-5-7/h1-5H,6H2,(H2,14,18)(H2,15,16,17). The summed E-state index contributed by atoms with van der Waals surface area (Å²) in [5, 5.41) is -0.0130. The van der Waals surface area contributed by atoms with Gasteiger partial charge in [-0.15, -0.1) is 0 Å². The number of hydrogen-bond donors (Lipinski definition) is 2. The third kappa shape index (κ3) is 2.57. The summed E-state index contributed by atoms with van der Waals surface area (Å²) in [4.78, 5) is 19.1. The number of benzene rings is 1. The molecule has 0 unspecified atom stereocenters. The molecular weight excluding hydrogens is 252 g/mol. The molecule has 0 atom stereocenters. The van der Waals surface area contributed by atoms with E-state index in [-0.39, 0.29) is 16.7 Å². The fourth-order valence-corrected chi connectivity index (χ4v) is 1.94. The van der Waals surface area contributed by atoms with Gasteiger partial charge in [0.05, 0.1) is 11.3 Å². The zero-order chi connectivity index (χ0) is 13.1. The molecule has 0 saturated carbocycles. The van der Waals surface area contributed by atoms with Crippen molar-refractivity contribution in [1.82, 2.24) is 9.97 Å². The fraction of sp³-hybridized carbons (Fsp3) is 0.0833. The average Bonchev–Trinajstić information content (AvgIpc) is 2.28. The second-order valence-electron chi connectivity index (χ2n) is 3.72. The minimum Gasteiger partial charge on any atom is -0.368 e. The van der Waals surface area contributed by atoms with E-state index in [9.17, 15) is 4.79 Å². The molecule has 0 saturated heterocycles. The van der Waals surface area contributed by atoms with Crippen LogP contribution in [0.1, 0.15) is 21.6 Å². The minimum absolute atomic E-state index is 0.0130. The van der Waals surface area contributed by atoms with Crippen LogP contribution in [-0.2, 0) is 6.42 Å². The van der Waals surface area contributed by atoms with Crippen LogP contribution in [0, 0.1) is 0 Å². The number of carbonyl (C=O) groups is 1. The Kier molecular flexibility index (Phi) is 3.43. The molecule has 0 aliphatic rings. The summed E-state index contributed by atoms with van der Waals surface area (Å²) < 4.78 is 0. The Bertz CT molecular complexity index is 586. The molecule has 4 N–H and O–H groups in total. The van der Waals surface area contributed by atoms with E-state index in [1.807, 2.05) is 30.3 Å². The molecule has 1 heterocycles. The number of aromatic nitrogens is 2. The molecule has 0 radical (unpaired) electrons. The highest BCUT2D eigenvalue weighted by Crippen LogP contribution is 2.20. The zero-order valence-electron chi connectivity index (χ0n) is 9.43. The third-order valence-electron chi connectivity index (χ3n) is 2.42. The highest BCUT2D eigenvalue weighted by Gasteiger charge is 2.17. The Hall–Kier alpha value is -2.14. The number of carbonyl (C=O) groups excluding carboxylic acids is 1. The van der Waals surface area contributed by atoms with Gasteiger partial charge >= 0.3 is 0 Å². The Labute approximate surface area is 109 Å². The first-order valence-electron chi connectivity index (χ1n) is 5.23. The molecule has 18 heavy (non-hydrogen) atoms. The van der Waals surface area contributed by atoms with Gasteiger partial charge in [-0.1, -0.05) is 41.9 Å². The van der Waals surface area contributed by atoms with Crippen molar-refractivity contribution in [2.24, 2.45) is 5.73 Å². The van der Waals surface area contributed by atoms with Crippen LogP contribution in [0.15, 0.2) is 30.3 Å². The van der Waals surface area contributed by atoms with Crippen molar-refractivity contribution in [1.29, 1.82) is 0 Å². The fourth-order valence-electron chi connectivity index (χ4n) is 1.66. The van der Waals surface area contributed by atoms with Gasteiger partial charge in [-0.2, -0.15) is 0 Å². The van der Waals surface area contributed by atoms with Crippen LogP contribution in [0.5, 0.6) is 0 Å². The maximum atomic E-state index is 11.4. The predicted molar refractivity (Wildman–Crippen MR) is 69.2 cm³/mol. The number of rotatable bonds is 3. The van der Waals surface area contributed by atoms with Gasteiger partial charge in [0.25, 0.3) is 5.91 Å². The molecule has 1 aromatic heterocycles. The van der Waals surface area contributed by atoms with E-state index in [1.54, 1.807) is 0 Å². The molecule has 92 valence electrons. The number of anilines is 1. The van der Waals surface area contributed by atoms with Gasteiger partial charge in [0, 0.05) is 6.42 Å². The van der Waals surface area contributed by atoms with Gasteiger partial charge in [0.1, 0.15) is 5.15 Å². The van der Waals surface area contributed by atoms with Crippen LogP contribution in [0.2, 0.25) is 5.15 Å². The zero-order valence-corrected chi connectivity index (χ0v) is 10.2. The largest absolute Gasteiger partial charge is 0.368 e. The van der Waals surface area contributed by atoms with Crippen LogP contribution in [0.4, 0.5) is 5.95 Å². The normalized spacial score (nSPS) is 10.3. The van der Waals surface area contributed by atoms with Crippen molar-refractivity contribution in [3.63, 3.8) is 0 Å². The van der Waals surface area contributed by atoms with Crippen LogP contribution in [0.25, 0.3) is 0 Å². The summed E-state index contributed by atoms with van der Waals surface area (Å²) >= 11 is 5.86. The van der Waals surface area contributed by atoms with Crippen molar-refractivity contribution in [3.8, 4) is 0 Å². The molecule has 0 aliphatic heterocycles. The summed E-state index contributed by atoms with van der Waals surface area (Å²) in [5.74, 6) is -0.637. The average molecular weight is 263 g/mol. The maximum Gasteiger partial charge on any atom is 0.253 e. The van der Waals surface area contributed by atoms with Gasteiger partial charge in [0.2, 0.25) is 5.95 Å². The lowest BCUT2D eigenvalue weighted by Crippen LogP contribution is -2.18. The maximum absolute atomic E-state index is 11.4. The van der Waals surface area contributed by atoms with E-state index in [2.05, 4.69) is 9.97 Å². The van der Waals surface area contributed by atoms with E-state index in [0.717, 1.165) is 5.56 Å². The molecule has 1 amide bonds. The molecule has 5 nitrogen and oxygen atoms in total. The van der Waals surface area contributed by atoms with Gasteiger partial charge in [-0.3, -0.25) is 4.79 Å². The first kappa shape index (κ1) is 12.3. The Morgan fingerprint density at radius 2 is 1.89 bits per heavy atom. The van der Waals surface area contributed by atoms with Crippen molar-refractivity contribution < 1.29 is 4.79 Å². The van der Waals surface area contributed by atoms with Crippen molar-refractivity contribution in [3.05, 3.63) is 52.3 Å². The number of halogens is 1. The number of amides is 1. The van der Waals surface area contributed by atoms with E-state index < -0.39 is 5.91 Å². The number of nitrogens with zero attached hydrogens (tertiary/aromatic N) is 2. The highest BCUT2D eigenvalue weighted by atomic mass is 35.5. The highest BCUT2D eigenvalue weighted by molar-refractivity contribution is 6.32. The lowest BCUT2D eigenvalue weighted by molar-refractivity contribution is 0.0999. The monoisotopic (exact) mass is 262 g/mol.